The van der Waals surface area contributed by atoms with Crippen LogP contribution in [-0.4, -0.2) is 39.3 Å². The van der Waals surface area contributed by atoms with Gasteiger partial charge in [0.15, 0.2) is 0 Å². The minimum atomic E-state index is -3.41. The van der Waals surface area contributed by atoms with E-state index in [1.54, 1.807) is 13.3 Å². The minimum Gasteiger partial charge on any atom is -0.497 e. The van der Waals surface area contributed by atoms with Crippen molar-refractivity contribution in [3.63, 3.8) is 0 Å². The Hall–Kier alpha value is -2.47. The number of fused-ring (bicyclic) bond motifs is 3. The number of rotatable bonds is 3. The molecule has 5 nitrogen and oxygen atoms in total. The molecular weight excluding hydrogens is 348 g/mol. The van der Waals surface area contributed by atoms with Crippen molar-refractivity contribution in [1.29, 1.82) is 0 Å². The Balaban J connectivity index is 1.95. The van der Waals surface area contributed by atoms with Crippen molar-refractivity contribution in [1.82, 2.24) is 4.31 Å². The highest BCUT2D eigenvalue weighted by Gasteiger charge is 2.57. The number of nitrogens with zero attached hydrogens (tertiary/aromatic N) is 2. The normalized spacial score (nSPS) is 24.3. The van der Waals surface area contributed by atoms with Gasteiger partial charge in [0.25, 0.3) is 0 Å². The predicted octanol–water partition coefficient (Wildman–Crippen LogP) is 3.05. The Bertz CT molecular complexity index is 998. The monoisotopic (exact) mass is 370 g/mol. The van der Waals surface area contributed by atoms with Crippen LogP contribution in [0.25, 0.3) is 5.57 Å². The van der Waals surface area contributed by atoms with Crippen molar-refractivity contribution in [3.8, 4) is 5.75 Å². The Morgan fingerprint density at radius 3 is 2.35 bits per heavy atom. The summed E-state index contributed by atoms with van der Waals surface area (Å²) in [6.07, 6.45) is 2.73. The first-order chi connectivity index (χ1) is 12.3. The molecule has 0 saturated heterocycles. The second kappa shape index (κ2) is 5.51. The Labute approximate surface area is 154 Å². The topological polar surface area (TPSA) is 49.9 Å². The van der Waals surface area contributed by atoms with Gasteiger partial charge in [-0.25, -0.2) is 8.42 Å². The average Bonchev–Trinajstić information content (AvgIpc) is 3.06. The van der Waals surface area contributed by atoms with Crippen LogP contribution in [0.3, 0.4) is 0 Å². The summed E-state index contributed by atoms with van der Waals surface area (Å²) >= 11 is 0. The molecule has 0 saturated carbocycles. The molecule has 0 unspecified atom stereocenters. The minimum absolute atomic E-state index is 0.313. The Morgan fingerprint density at radius 2 is 1.73 bits per heavy atom. The van der Waals surface area contributed by atoms with Gasteiger partial charge in [0.2, 0.25) is 10.0 Å². The number of para-hydroxylation sites is 1. The van der Waals surface area contributed by atoms with E-state index in [4.69, 9.17) is 4.74 Å². The van der Waals surface area contributed by atoms with Crippen LogP contribution in [0, 0.1) is 0 Å². The Kier molecular flexibility index (Phi) is 3.60. The number of sulfonamides is 1. The highest BCUT2D eigenvalue weighted by atomic mass is 32.2. The molecule has 0 N–H and O–H groups in total. The summed E-state index contributed by atoms with van der Waals surface area (Å²) in [5, 5.41) is 0. The van der Waals surface area contributed by atoms with Crippen molar-refractivity contribution >= 4 is 21.3 Å². The van der Waals surface area contributed by atoms with Gasteiger partial charge in [0.05, 0.1) is 18.8 Å². The third-order valence-corrected chi connectivity index (χ3v) is 6.64. The molecule has 0 amide bonds. The number of hydrogen-bond acceptors (Lipinski definition) is 4. The summed E-state index contributed by atoms with van der Waals surface area (Å²) in [5.74, 6) is 0.776. The zero-order valence-electron chi connectivity index (χ0n) is 15.3. The molecule has 0 radical (unpaired) electrons. The molecule has 0 spiro atoms. The fourth-order valence-corrected chi connectivity index (χ4v) is 5.35. The molecule has 6 heteroatoms. The van der Waals surface area contributed by atoms with E-state index >= 15 is 0 Å². The molecule has 0 bridgehead atoms. The largest absolute Gasteiger partial charge is 0.497 e. The summed E-state index contributed by atoms with van der Waals surface area (Å²) in [5.41, 5.74) is 3.73. The lowest BCUT2D eigenvalue weighted by molar-refractivity contribution is 0.356. The van der Waals surface area contributed by atoms with Crippen LogP contribution in [0.15, 0.2) is 54.7 Å². The quantitative estimate of drug-likeness (QED) is 0.833. The van der Waals surface area contributed by atoms with Gasteiger partial charge in [0.1, 0.15) is 11.9 Å². The third-order valence-electron chi connectivity index (χ3n) is 5.57. The molecule has 2 aliphatic heterocycles. The number of likely N-dealkylation sites (N-methyl/N-ethyl adjacent to an activating group) is 1. The van der Waals surface area contributed by atoms with Crippen LogP contribution >= 0.6 is 0 Å². The van der Waals surface area contributed by atoms with E-state index in [0.29, 0.717) is 0 Å². The third kappa shape index (κ3) is 2.18. The number of hydrogen-bond donors (Lipinski definition) is 0. The van der Waals surface area contributed by atoms with Crippen LogP contribution in [0.5, 0.6) is 5.75 Å². The lowest BCUT2D eigenvalue weighted by Gasteiger charge is -2.35. The van der Waals surface area contributed by atoms with E-state index in [0.717, 1.165) is 28.1 Å². The average molecular weight is 370 g/mol. The van der Waals surface area contributed by atoms with Gasteiger partial charge in [-0.3, -0.25) is 4.31 Å². The maximum atomic E-state index is 12.5. The first-order valence-electron chi connectivity index (χ1n) is 8.46. The second-order valence-electron chi connectivity index (χ2n) is 7.07. The molecule has 2 aliphatic rings. The van der Waals surface area contributed by atoms with E-state index in [1.165, 1.54) is 10.6 Å². The molecule has 4 rings (SSSR count). The number of benzene rings is 2. The smallest absolute Gasteiger partial charge is 0.233 e. The molecule has 2 atom stereocenters. The standard InChI is InChI=1S/C20H22N2O3S/c1-20-16-7-5-6-8-18(16)21(2)19(20)22(26(4,23)24)13-17(20)14-9-11-15(25-3)12-10-14/h5-13,19H,1-4H3/t19-,20+/m0/s1. The summed E-state index contributed by atoms with van der Waals surface area (Å²) in [6.45, 7) is 2.13. The summed E-state index contributed by atoms with van der Waals surface area (Å²) in [6, 6.07) is 15.9. The lowest BCUT2D eigenvalue weighted by atomic mass is 9.75. The zero-order valence-corrected chi connectivity index (χ0v) is 16.1. The molecule has 2 aromatic carbocycles. The molecule has 2 aromatic rings. The van der Waals surface area contributed by atoms with Crippen molar-refractivity contribution in [2.75, 3.05) is 25.3 Å². The molecule has 0 aromatic heterocycles. The van der Waals surface area contributed by atoms with E-state index in [-0.39, 0.29) is 6.17 Å². The highest BCUT2D eigenvalue weighted by Crippen LogP contribution is 2.56. The molecule has 136 valence electrons. The fraction of sp³-hybridized carbons (Fsp3) is 0.300. The van der Waals surface area contributed by atoms with Crippen LogP contribution in [0.2, 0.25) is 0 Å². The zero-order chi connectivity index (χ0) is 18.7. The molecule has 2 heterocycles. The van der Waals surface area contributed by atoms with Crippen LogP contribution in [0.1, 0.15) is 18.1 Å². The van der Waals surface area contributed by atoms with E-state index in [1.807, 2.05) is 49.5 Å². The van der Waals surface area contributed by atoms with Crippen molar-refractivity contribution in [3.05, 3.63) is 65.9 Å². The van der Waals surface area contributed by atoms with Crippen molar-refractivity contribution in [2.45, 2.75) is 18.5 Å². The first-order valence-corrected chi connectivity index (χ1v) is 10.3. The second-order valence-corrected chi connectivity index (χ2v) is 8.96. The maximum absolute atomic E-state index is 12.5. The van der Waals surface area contributed by atoms with Gasteiger partial charge in [-0.2, -0.15) is 0 Å². The number of anilines is 1. The van der Waals surface area contributed by atoms with Crippen LogP contribution in [-0.2, 0) is 15.4 Å². The maximum Gasteiger partial charge on any atom is 0.233 e. The highest BCUT2D eigenvalue weighted by molar-refractivity contribution is 7.88. The summed E-state index contributed by atoms with van der Waals surface area (Å²) in [7, 11) is 0.181. The number of ether oxygens (including phenoxy) is 1. The van der Waals surface area contributed by atoms with E-state index < -0.39 is 15.4 Å². The summed E-state index contributed by atoms with van der Waals surface area (Å²) in [4.78, 5) is 2.06. The van der Waals surface area contributed by atoms with Crippen LogP contribution in [0.4, 0.5) is 5.69 Å². The van der Waals surface area contributed by atoms with Gasteiger partial charge >= 0.3 is 0 Å². The van der Waals surface area contributed by atoms with E-state index in [2.05, 4.69) is 17.9 Å². The van der Waals surface area contributed by atoms with Gasteiger partial charge < -0.3 is 9.64 Å². The van der Waals surface area contributed by atoms with E-state index in [9.17, 15) is 8.42 Å². The molecule has 0 aliphatic carbocycles. The number of methoxy groups -OCH3 is 1. The Morgan fingerprint density at radius 1 is 1.08 bits per heavy atom. The predicted molar refractivity (Wildman–Crippen MR) is 104 cm³/mol. The van der Waals surface area contributed by atoms with Crippen molar-refractivity contribution < 1.29 is 13.2 Å². The molecule has 26 heavy (non-hydrogen) atoms. The molecular formula is C20H22N2O3S. The first kappa shape index (κ1) is 17.0. The summed E-state index contributed by atoms with van der Waals surface area (Å²) < 4.78 is 31.8. The molecule has 0 fully saturated rings. The van der Waals surface area contributed by atoms with Gasteiger partial charge in [-0.05, 0) is 41.8 Å². The van der Waals surface area contributed by atoms with Gasteiger partial charge in [-0.15, -0.1) is 0 Å². The van der Waals surface area contributed by atoms with Crippen LogP contribution < -0.4 is 9.64 Å². The van der Waals surface area contributed by atoms with Gasteiger partial charge in [0, 0.05) is 18.9 Å². The SMILES string of the molecule is COc1ccc(C2=CN(S(C)(=O)=O)[C@@H]3N(C)c4ccccc4[C@]23C)cc1. The van der Waals surface area contributed by atoms with Crippen molar-refractivity contribution in [2.24, 2.45) is 0 Å². The van der Waals surface area contributed by atoms with Gasteiger partial charge in [-0.1, -0.05) is 30.3 Å². The lowest BCUT2D eigenvalue weighted by Crippen LogP contribution is -2.49. The fourth-order valence-electron chi connectivity index (χ4n) is 4.34.